The molecular formula is C7H7IO2. The van der Waals surface area contributed by atoms with Crippen molar-refractivity contribution in [3.05, 3.63) is 12.7 Å². The summed E-state index contributed by atoms with van der Waals surface area (Å²) >= 11 is 2.30. The van der Waals surface area contributed by atoms with E-state index in [1.165, 1.54) is 0 Å². The molecule has 0 radical (unpaired) electrons. The first-order chi connectivity index (χ1) is 4.75. The maximum atomic E-state index is 10.9. The van der Waals surface area contributed by atoms with Crippen molar-refractivity contribution in [2.45, 2.75) is 10.0 Å². The quantitative estimate of drug-likeness (QED) is 0.302. The third-order valence-electron chi connectivity index (χ3n) is 2.12. The van der Waals surface area contributed by atoms with Gasteiger partial charge in [-0.15, -0.1) is 0 Å². The molecule has 0 aromatic carbocycles. The van der Waals surface area contributed by atoms with E-state index >= 15 is 0 Å². The Morgan fingerprint density at radius 1 is 1.70 bits per heavy atom. The van der Waals surface area contributed by atoms with Crippen LogP contribution in [0.25, 0.3) is 0 Å². The predicted molar refractivity (Wildman–Crippen MR) is 44.9 cm³/mol. The van der Waals surface area contributed by atoms with Gasteiger partial charge in [0.2, 0.25) is 0 Å². The van der Waals surface area contributed by atoms with Crippen molar-refractivity contribution in [2.24, 2.45) is 11.8 Å². The molecule has 4 atom stereocenters. The molecule has 0 amide bonds. The van der Waals surface area contributed by atoms with Gasteiger partial charge < -0.3 is 4.74 Å². The fourth-order valence-corrected chi connectivity index (χ4v) is 2.85. The smallest absolute Gasteiger partial charge is 0.311 e. The van der Waals surface area contributed by atoms with Gasteiger partial charge in [-0.25, -0.2) is 0 Å². The van der Waals surface area contributed by atoms with Gasteiger partial charge in [0, 0.05) is 9.84 Å². The van der Waals surface area contributed by atoms with E-state index in [2.05, 4.69) is 29.2 Å². The van der Waals surface area contributed by atoms with E-state index in [9.17, 15) is 4.79 Å². The maximum Gasteiger partial charge on any atom is 0.311 e. The standard InChI is InChI=1S/C7H7IO2/c1-2-3-4-5(6(4)8)7(9)10-3/h2-6H,1H2/t3-,4-,5+,6-/m1/s1. The van der Waals surface area contributed by atoms with Crippen molar-refractivity contribution in [2.75, 3.05) is 0 Å². The van der Waals surface area contributed by atoms with E-state index in [0.29, 0.717) is 9.84 Å². The normalized spacial score (nSPS) is 49.9. The zero-order valence-electron chi connectivity index (χ0n) is 5.29. The highest BCUT2D eigenvalue weighted by atomic mass is 127. The number of rotatable bonds is 1. The largest absolute Gasteiger partial charge is 0.458 e. The van der Waals surface area contributed by atoms with Gasteiger partial charge in [-0.2, -0.15) is 0 Å². The number of halogens is 1. The Morgan fingerprint density at radius 3 is 2.70 bits per heavy atom. The Labute approximate surface area is 72.8 Å². The molecule has 2 aliphatic rings. The lowest BCUT2D eigenvalue weighted by Crippen LogP contribution is -2.13. The molecule has 2 fully saturated rings. The first-order valence-electron chi connectivity index (χ1n) is 3.23. The van der Waals surface area contributed by atoms with Crippen LogP contribution in [0.1, 0.15) is 0 Å². The minimum absolute atomic E-state index is 0.000556. The molecule has 0 bridgehead atoms. The van der Waals surface area contributed by atoms with Gasteiger partial charge >= 0.3 is 5.97 Å². The third kappa shape index (κ3) is 0.667. The van der Waals surface area contributed by atoms with Crippen molar-refractivity contribution in [3.63, 3.8) is 0 Å². The lowest BCUT2D eigenvalue weighted by molar-refractivity contribution is -0.143. The van der Waals surface area contributed by atoms with Crippen molar-refractivity contribution < 1.29 is 9.53 Å². The highest BCUT2D eigenvalue weighted by Crippen LogP contribution is 2.54. The molecule has 0 unspecified atom stereocenters. The van der Waals surface area contributed by atoms with Crippen LogP contribution in [0.5, 0.6) is 0 Å². The van der Waals surface area contributed by atoms with E-state index in [1.54, 1.807) is 6.08 Å². The van der Waals surface area contributed by atoms with Crippen LogP contribution in [0, 0.1) is 11.8 Å². The third-order valence-corrected chi connectivity index (χ3v) is 3.73. The van der Waals surface area contributed by atoms with E-state index in [0.717, 1.165) is 0 Å². The molecule has 2 nitrogen and oxygen atoms in total. The fraction of sp³-hybridized carbons (Fsp3) is 0.571. The van der Waals surface area contributed by atoms with Crippen LogP contribution in [0.3, 0.4) is 0 Å². The minimum atomic E-state index is -0.0331. The van der Waals surface area contributed by atoms with Gasteiger partial charge in [0.25, 0.3) is 0 Å². The van der Waals surface area contributed by atoms with Gasteiger partial charge in [0.05, 0.1) is 5.92 Å². The predicted octanol–water partition coefficient (Wildman–Crippen LogP) is 1.15. The van der Waals surface area contributed by atoms with Crippen molar-refractivity contribution in [1.29, 1.82) is 0 Å². The monoisotopic (exact) mass is 250 g/mol. The number of alkyl halides is 1. The maximum absolute atomic E-state index is 10.9. The Hall–Kier alpha value is -0.0600. The van der Waals surface area contributed by atoms with Crippen LogP contribution in [-0.2, 0) is 9.53 Å². The van der Waals surface area contributed by atoms with Crippen molar-refractivity contribution in [1.82, 2.24) is 0 Å². The second-order valence-corrected chi connectivity index (χ2v) is 4.12. The van der Waals surface area contributed by atoms with Crippen LogP contribution in [0.15, 0.2) is 12.7 Å². The highest BCUT2D eigenvalue weighted by Gasteiger charge is 2.63. The molecule has 1 saturated carbocycles. The number of esters is 1. The highest BCUT2D eigenvalue weighted by molar-refractivity contribution is 14.1. The second kappa shape index (κ2) is 1.96. The summed E-state index contributed by atoms with van der Waals surface area (Å²) in [5, 5.41) is 0. The summed E-state index contributed by atoms with van der Waals surface area (Å²) in [7, 11) is 0. The summed E-state index contributed by atoms with van der Waals surface area (Å²) in [4.78, 5) is 10.9. The zero-order valence-corrected chi connectivity index (χ0v) is 7.45. The molecule has 2 rings (SSSR count). The van der Waals surface area contributed by atoms with E-state index in [-0.39, 0.29) is 18.0 Å². The summed E-state index contributed by atoms with van der Waals surface area (Å²) < 4.78 is 5.48. The second-order valence-electron chi connectivity index (χ2n) is 2.68. The van der Waals surface area contributed by atoms with Crippen molar-refractivity contribution >= 4 is 28.6 Å². The number of hydrogen-bond donors (Lipinski definition) is 0. The number of carbonyl (C=O) groups excluding carboxylic acids is 1. The Balaban J connectivity index is 2.18. The average Bonchev–Trinajstić information content (AvgIpc) is 2.40. The Kier molecular flexibility index (Phi) is 1.30. The van der Waals surface area contributed by atoms with E-state index in [1.807, 2.05) is 0 Å². The Morgan fingerprint density at radius 2 is 2.40 bits per heavy atom. The molecule has 54 valence electrons. The van der Waals surface area contributed by atoms with Gasteiger partial charge in [0.1, 0.15) is 6.10 Å². The van der Waals surface area contributed by atoms with E-state index < -0.39 is 0 Å². The van der Waals surface area contributed by atoms with E-state index in [4.69, 9.17) is 4.74 Å². The minimum Gasteiger partial charge on any atom is -0.458 e. The molecule has 1 heterocycles. The summed E-state index contributed by atoms with van der Waals surface area (Å²) in [6.07, 6.45) is 1.72. The molecule has 3 heteroatoms. The number of carbonyl (C=O) groups is 1. The average molecular weight is 250 g/mol. The summed E-state index contributed by atoms with van der Waals surface area (Å²) in [5.41, 5.74) is 0. The van der Waals surface area contributed by atoms with Crippen LogP contribution in [0.4, 0.5) is 0 Å². The molecule has 0 N–H and O–H groups in total. The molecule has 10 heavy (non-hydrogen) atoms. The number of hydrogen-bond acceptors (Lipinski definition) is 2. The fourth-order valence-electron chi connectivity index (χ4n) is 1.46. The van der Waals surface area contributed by atoms with Crippen LogP contribution in [-0.4, -0.2) is 16.0 Å². The lowest BCUT2D eigenvalue weighted by Gasteiger charge is -2.06. The number of cyclic esters (lactones) is 1. The van der Waals surface area contributed by atoms with Crippen molar-refractivity contribution in [3.8, 4) is 0 Å². The van der Waals surface area contributed by atoms with Gasteiger partial charge in [0.15, 0.2) is 0 Å². The molecule has 1 aliphatic carbocycles. The first kappa shape index (κ1) is 6.64. The van der Waals surface area contributed by atoms with Crippen LogP contribution >= 0.6 is 22.6 Å². The van der Waals surface area contributed by atoms with Gasteiger partial charge in [-0.3, -0.25) is 4.79 Å². The summed E-state index contributed by atoms with van der Waals surface area (Å²) in [5.74, 6) is 0.587. The summed E-state index contributed by atoms with van der Waals surface area (Å²) in [6, 6.07) is 0. The number of ether oxygens (including phenoxy) is 1. The topological polar surface area (TPSA) is 26.3 Å². The van der Waals surface area contributed by atoms with Gasteiger partial charge in [-0.05, 0) is 0 Å². The first-order valence-corrected chi connectivity index (χ1v) is 4.47. The van der Waals surface area contributed by atoms with Crippen LogP contribution < -0.4 is 0 Å². The molecule has 1 aliphatic heterocycles. The Bertz CT molecular complexity index is 202. The molecule has 0 spiro atoms. The summed E-state index contributed by atoms with van der Waals surface area (Å²) in [6.45, 7) is 3.61. The van der Waals surface area contributed by atoms with Gasteiger partial charge in [-0.1, -0.05) is 35.2 Å². The molecular weight excluding hydrogens is 243 g/mol. The SMILES string of the molecule is C=C[C@H]1OC(=O)[C@@H]2[C@H](I)[C@@H]21. The molecule has 0 aromatic heterocycles. The number of fused-ring (bicyclic) bond motifs is 1. The lowest BCUT2D eigenvalue weighted by atomic mass is 10.2. The molecule has 0 aromatic rings. The van der Waals surface area contributed by atoms with Crippen LogP contribution in [0.2, 0.25) is 0 Å². The molecule has 1 saturated heterocycles. The zero-order chi connectivity index (χ0) is 7.30.